The lowest BCUT2D eigenvalue weighted by Gasteiger charge is -2.33. The van der Waals surface area contributed by atoms with Crippen LogP contribution in [-0.2, 0) is 10.8 Å². The monoisotopic (exact) mass is 720 g/mol. The quantitative estimate of drug-likeness (QED) is 0.177. The van der Waals surface area contributed by atoms with E-state index in [0.717, 1.165) is 33.9 Å². The van der Waals surface area contributed by atoms with E-state index in [1.807, 2.05) is 24.3 Å². The van der Waals surface area contributed by atoms with E-state index in [-0.39, 0.29) is 10.8 Å². The van der Waals surface area contributed by atoms with Crippen LogP contribution >= 0.6 is 0 Å². The molecule has 0 saturated heterocycles. The average molecular weight is 721 g/mol. The molecule has 2 unspecified atom stereocenters. The van der Waals surface area contributed by atoms with Crippen molar-refractivity contribution in [3.63, 3.8) is 0 Å². The Hall–Kier alpha value is -6.38. The molecule has 0 spiro atoms. The summed E-state index contributed by atoms with van der Waals surface area (Å²) in [5.74, 6) is 1.40. The van der Waals surface area contributed by atoms with Crippen LogP contribution in [0, 0.1) is 0 Å². The molecule has 56 heavy (non-hydrogen) atoms. The Balaban J connectivity index is 1.03. The zero-order chi connectivity index (χ0) is 38.0. The third-order valence-electron chi connectivity index (χ3n) is 12.7. The van der Waals surface area contributed by atoms with E-state index in [0.29, 0.717) is 11.8 Å². The summed E-state index contributed by atoms with van der Waals surface area (Å²) in [7, 11) is 0. The van der Waals surface area contributed by atoms with E-state index in [9.17, 15) is 0 Å². The molecule has 10 rings (SSSR count). The van der Waals surface area contributed by atoms with Gasteiger partial charge in [0.05, 0.1) is 11.4 Å². The summed E-state index contributed by atoms with van der Waals surface area (Å²) in [6, 6.07) is 66.2. The first-order chi connectivity index (χ1) is 27.3. The number of hydrogen-bond donors (Lipinski definition) is 0. The SMILES string of the molecule is CC1(C)c2cc(-c3cccc(-c4ccc(-c5cc(-c6ccccc6)nc(-c6ccccc6)n5)cc4)c3)ccc2C2c3ccccc3C(C)(C)C2c2ccccc21. The van der Waals surface area contributed by atoms with Crippen LogP contribution in [0.15, 0.2) is 182 Å². The Morgan fingerprint density at radius 2 is 0.839 bits per heavy atom. The van der Waals surface area contributed by atoms with Crippen molar-refractivity contribution in [1.82, 2.24) is 9.97 Å². The number of fused-ring (bicyclic) bond motifs is 7. The molecule has 0 N–H and O–H groups in total. The van der Waals surface area contributed by atoms with Gasteiger partial charge in [0, 0.05) is 33.9 Å². The number of rotatable bonds is 5. The minimum atomic E-state index is -0.160. The molecule has 2 aliphatic carbocycles. The van der Waals surface area contributed by atoms with Crippen molar-refractivity contribution in [2.75, 3.05) is 0 Å². The maximum absolute atomic E-state index is 5.05. The third-order valence-corrected chi connectivity index (χ3v) is 12.7. The molecule has 2 atom stereocenters. The average Bonchev–Trinajstić information content (AvgIpc) is 3.44. The topological polar surface area (TPSA) is 25.8 Å². The van der Waals surface area contributed by atoms with Gasteiger partial charge in [-0.15, -0.1) is 0 Å². The molecule has 7 aromatic carbocycles. The summed E-state index contributed by atoms with van der Waals surface area (Å²) in [5.41, 5.74) is 18.4. The van der Waals surface area contributed by atoms with Crippen molar-refractivity contribution in [1.29, 1.82) is 0 Å². The van der Waals surface area contributed by atoms with E-state index in [1.165, 1.54) is 55.6 Å². The third kappa shape index (κ3) is 5.55. The second kappa shape index (κ2) is 13.1. The highest BCUT2D eigenvalue weighted by Crippen LogP contribution is 2.62. The standard InChI is InChI=1S/C54H44N2/c1-53(2)46-25-14-12-23-44(46)51-50(42-22-11-13-24-45(42)54(51,3)4)43-31-30-41(33-47(43)53)40-21-15-20-39(32-40)35-26-28-37(29-27-35)49-34-48(36-16-7-5-8-17-36)55-52(56-49)38-18-9-6-10-19-38/h5-34,50-51H,1-4H3. The van der Waals surface area contributed by atoms with Crippen LogP contribution in [0.2, 0.25) is 0 Å². The Kier molecular flexibility index (Phi) is 8.01. The minimum absolute atomic E-state index is 0.0133. The molecule has 8 aromatic rings. The molecule has 1 aromatic heterocycles. The summed E-state index contributed by atoms with van der Waals surface area (Å²) in [6.07, 6.45) is 0. The fourth-order valence-corrected chi connectivity index (χ4v) is 9.84. The fraction of sp³-hybridized carbons (Fsp3) is 0.148. The van der Waals surface area contributed by atoms with Crippen molar-refractivity contribution in [2.24, 2.45) is 0 Å². The molecular formula is C54H44N2. The van der Waals surface area contributed by atoms with Crippen molar-refractivity contribution in [3.8, 4) is 56.2 Å². The van der Waals surface area contributed by atoms with E-state index < -0.39 is 0 Å². The summed E-state index contributed by atoms with van der Waals surface area (Å²) in [6.45, 7) is 9.76. The Morgan fingerprint density at radius 3 is 1.54 bits per heavy atom. The summed E-state index contributed by atoms with van der Waals surface area (Å²) >= 11 is 0. The van der Waals surface area contributed by atoms with Crippen molar-refractivity contribution >= 4 is 0 Å². The van der Waals surface area contributed by atoms with Gasteiger partial charge in [0.2, 0.25) is 0 Å². The normalized spacial score (nSPS) is 17.2. The number of hydrogen-bond acceptors (Lipinski definition) is 2. The minimum Gasteiger partial charge on any atom is -0.228 e. The first-order valence-electron chi connectivity index (χ1n) is 19.8. The van der Waals surface area contributed by atoms with Gasteiger partial charge in [-0.05, 0) is 79.2 Å². The molecule has 0 radical (unpaired) electrons. The van der Waals surface area contributed by atoms with Crippen molar-refractivity contribution in [3.05, 3.63) is 215 Å². The lowest BCUT2D eigenvalue weighted by atomic mass is 9.69. The largest absolute Gasteiger partial charge is 0.228 e. The lowest BCUT2D eigenvalue weighted by Crippen LogP contribution is -2.26. The summed E-state index contributed by atoms with van der Waals surface area (Å²) in [4.78, 5) is 10.0. The molecule has 0 fully saturated rings. The Labute approximate surface area is 330 Å². The van der Waals surface area contributed by atoms with E-state index in [2.05, 4.69) is 185 Å². The van der Waals surface area contributed by atoms with Gasteiger partial charge in [-0.25, -0.2) is 9.97 Å². The highest BCUT2D eigenvalue weighted by Gasteiger charge is 2.51. The van der Waals surface area contributed by atoms with Gasteiger partial charge in [0.25, 0.3) is 0 Å². The summed E-state index contributed by atoms with van der Waals surface area (Å²) < 4.78 is 0. The molecule has 2 nitrogen and oxygen atoms in total. The zero-order valence-electron chi connectivity index (χ0n) is 32.4. The second-order valence-corrected chi connectivity index (χ2v) is 16.6. The molecule has 1 heterocycles. The summed E-state index contributed by atoms with van der Waals surface area (Å²) in [5, 5.41) is 0. The first kappa shape index (κ1) is 34.1. The number of nitrogens with zero attached hydrogens (tertiary/aromatic N) is 2. The van der Waals surface area contributed by atoms with Crippen molar-refractivity contribution in [2.45, 2.75) is 50.4 Å². The molecule has 0 bridgehead atoms. The van der Waals surface area contributed by atoms with E-state index >= 15 is 0 Å². The number of benzene rings is 7. The molecule has 0 saturated carbocycles. The second-order valence-electron chi connectivity index (χ2n) is 16.6. The highest BCUT2D eigenvalue weighted by atomic mass is 14.9. The van der Waals surface area contributed by atoms with Crippen LogP contribution < -0.4 is 0 Å². The molecular weight excluding hydrogens is 677 g/mol. The van der Waals surface area contributed by atoms with Gasteiger partial charge in [-0.3, -0.25) is 0 Å². The smallest absolute Gasteiger partial charge is 0.160 e. The lowest BCUT2D eigenvalue weighted by molar-refractivity contribution is 0.422. The van der Waals surface area contributed by atoms with Gasteiger partial charge < -0.3 is 0 Å². The zero-order valence-corrected chi connectivity index (χ0v) is 32.4. The number of aromatic nitrogens is 2. The van der Waals surface area contributed by atoms with Gasteiger partial charge in [0.1, 0.15) is 0 Å². The van der Waals surface area contributed by atoms with Gasteiger partial charge in [0.15, 0.2) is 5.82 Å². The van der Waals surface area contributed by atoms with Gasteiger partial charge in [-0.2, -0.15) is 0 Å². The van der Waals surface area contributed by atoms with Crippen LogP contribution in [0.5, 0.6) is 0 Å². The highest BCUT2D eigenvalue weighted by molar-refractivity contribution is 5.78. The van der Waals surface area contributed by atoms with Crippen LogP contribution in [-0.4, -0.2) is 9.97 Å². The molecule has 2 aliphatic rings. The Morgan fingerprint density at radius 1 is 0.357 bits per heavy atom. The van der Waals surface area contributed by atoms with Gasteiger partial charge >= 0.3 is 0 Å². The maximum Gasteiger partial charge on any atom is 0.160 e. The van der Waals surface area contributed by atoms with E-state index in [4.69, 9.17) is 9.97 Å². The van der Waals surface area contributed by atoms with Crippen molar-refractivity contribution < 1.29 is 0 Å². The first-order valence-corrected chi connectivity index (χ1v) is 19.8. The van der Waals surface area contributed by atoms with Crippen LogP contribution in [0.1, 0.15) is 72.9 Å². The van der Waals surface area contributed by atoms with Crippen LogP contribution in [0.25, 0.3) is 56.2 Å². The molecule has 2 heteroatoms. The molecule has 0 amide bonds. The van der Waals surface area contributed by atoms with Crippen LogP contribution in [0.4, 0.5) is 0 Å². The molecule has 270 valence electrons. The maximum atomic E-state index is 5.05. The predicted octanol–water partition coefficient (Wildman–Crippen LogP) is 13.7. The fourth-order valence-electron chi connectivity index (χ4n) is 9.84. The van der Waals surface area contributed by atoms with Gasteiger partial charge in [-0.1, -0.05) is 191 Å². The van der Waals surface area contributed by atoms with Crippen LogP contribution in [0.3, 0.4) is 0 Å². The molecule has 0 aliphatic heterocycles. The predicted molar refractivity (Wildman–Crippen MR) is 232 cm³/mol. The Bertz CT molecular complexity index is 2680. The van der Waals surface area contributed by atoms with E-state index in [1.54, 1.807) is 0 Å².